The van der Waals surface area contributed by atoms with E-state index in [1.807, 2.05) is 0 Å². The summed E-state index contributed by atoms with van der Waals surface area (Å²) >= 11 is 0. The Bertz CT molecular complexity index is 883. The van der Waals surface area contributed by atoms with E-state index in [1.165, 1.54) is 39.4 Å². The van der Waals surface area contributed by atoms with E-state index < -0.39 is 23.3 Å². The predicted octanol–water partition coefficient (Wildman–Crippen LogP) is 3.39. The number of esters is 3. The second-order valence-electron chi connectivity index (χ2n) is 8.38. The molecule has 0 radical (unpaired) electrons. The highest BCUT2D eigenvalue weighted by atomic mass is 16.5. The van der Waals surface area contributed by atoms with Crippen LogP contribution in [0.3, 0.4) is 0 Å². The molecule has 0 saturated carbocycles. The fourth-order valence-corrected chi connectivity index (χ4v) is 2.73. The zero-order valence-electron chi connectivity index (χ0n) is 23.1. The van der Waals surface area contributed by atoms with Crippen molar-refractivity contribution in [2.45, 2.75) is 48.5 Å². The summed E-state index contributed by atoms with van der Waals surface area (Å²) in [6, 6.07) is 0. The quantitative estimate of drug-likeness (QED) is 0.0928. The molecule has 0 aromatic heterocycles. The summed E-state index contributed by atoms with van der Waals surface area (Å²) in [4.78, 5) is 49.0. The molecule has 0 aliphatic rings. The van der Waals surface area contributed by atoms with Gasteiger partial charge in [-0.25, -0.2) is 14.4 Å². The van der Waals surface area contributed by atoms with Gasteiger partial charge in [0.15, 0.2) is 0 Å². The lowest BCUT2D eigenvalue weighted by atomic mass is 9.91. The first-order valence-electron chi connectivity index (χ1n) is 12.0. The van der Waals surface area contributed by atoms with Gasteiger partial charge in [-0.05, 0) is 41.5 Å². The third-order valence-electron chi connectivity index (χ3n) is 4.74. The van der Waals surface area contributed by atoms with Gasteiger partial charge in [-0.15, -0.1) is 0 Å². The number of aliphatic hydroxyl groups is 3. The molecule has 0 amide bonds. The van der Waals surface area contributed by atoms with Gasteiger partial charge in [-0.3, -0.25) is 15.0 Å². The largest absolute Gasteiger partial charge is 0.512 e. The Morgan fingerprint density at radius 2 is 0.842 bits per heavy atom. The number of carbonyl (C=O) groups is 3. The fourth-order valence-electron chi connectivity index (χ4n) is 2.73. The van der Waals surface area contributed by atoms with E-state index in [0.717, 1.165) is 0 Å². The van der Waals surface area contributed by atoms with Gasteiger partial charge in [-0.2, -0.15) is 0 Å². The van der Waals surface area contributed by atoms with Crippen molar-refractivity contribution < 1.29 is 43.9 Å². The molecule has 0 atom stereocenters. The van der Waals surface area contributed by atoms with Crippen molar-refractivity contribution in [1.82, 2.24) is 0 Å². The van der Waals surface area contributed by atoms with Crippen LogP contribution in [0.1, 0.15) is 48.5 Å². The van der Waals surface area contributed by atoms with Gasteiger partial charge in [0.1, 0.15) is 34.0 Å². The molecule has 0 bridgehead atoms. The Balaban J connectivity index is 6.08. The van der Waals surface area contributed by atoms with Crippen LogP contribution >= 0.6 is 0 Å². The molecule has 3 N–H and O–H groups in total. The number of ether oxygens (including phenoxy) is 3. The van der Waals surface area contributed by atoms with Crippen molar-refractivity contribution in [2.24, 2.45) is 20.4 Å². The highest BCUT2D eigenvalue weighted by Gasteiger charge is 2.25. The third-order valence-corrected chi connectivity index (χ3v) is 4.74. The van der Waals surface area contributed by atoms with E-state index in [2.05, 4.69) is 15.0 Å². The third kappa shape index (κ3) is 12.3. The molecule has 0 unspecified atom stereocenters. The molecular weight excluding hydrogens is 498 g/mol. The normalized spacial score (nSPS) is 15.6. The van der Waals surface area contributed by atoms with Gasteiger partial charge in [-0.1, -0.05) is 6.92 Å². The van der Waals surface area contributed by atoms with Crippen molar-refractivity contribution in [3.8, 4) is 0 Å². The van der Waals surface area contributed by atoms with Crippen LogP contribution in [0.15, 0.2) is 49.0 Å². The molecule has 0 aromatic carbocycles. The average molecular weight is 538 g/mol. The Kier molecular flexibility index (Phi) is 15.7. The Labute approximate surface area is 223 Å². The molecular formula is C26H39N3O9. The highest BCUT2D eigenvalue weighted by molar-refractivity contribution is 6.11. The average Bonchev–Trinajstić information content (AvgIpc) is 2.82. The molecule has 0 rings (SSSR count). The SMILES string of the molecule is CCOC(=O)/C(C=NCC(C)(CN=C/C(C(=O)OCC)=C(/C)O)CN=C/C(C(=O)OCC)=C(/C)O)=C(\C)O. The van der Waals surface area contributed by atoms with Crippen LogP contribution in [-0.2, 0) is 28.6 Å². The molecule has 12 nitrogen and oxygen atoms in total. The number of aliphatic hydroxyl groups excluding tert-OH is 3. The smallest absolute Gasteiger partial charge is 0.343 e. The minimum absolute atomic E-state index is 0.0466. The Hall–Kier alpha value is -3.96. The topological polar surface area (TPSA) is 177 Å². The lowest BCUT2D eigenvalue weighted by molar-refractivity contribution is -0.139. The maximum atomic E-state index is 12.1. The van der Waals surface area contributed by atoms with Crippen molar-refractivity contribution in [3.05, 3.63) is 34.0 Å². The first kappa shape index (κ1) is 34.0. The maximum absolute atomic E-state index is 12.1. The zero-order valence-corrected chi connectivity index (χ0v) is 23.1. The zero-order chi connectivity index (χ0) is 29.3. The number of nitrogens with zero attached hydrogens (tertiary/aromatic N) is 3. The van der Waals surface area contributed by atoms with Gasteiger partial charge in [0.05, 0.1) is 19.8 Å². The van der Waals surface area contributed by atoms with Crippen LogP contribution in [0.2, 0.25) is 0 Å². The van der Waals surface area contributed by atoms with Crippen molar-refractivity contribution in [2.75, 3.05) is 39.5 Å². The summed E-state index contributed by atoms with van der Waals surface area (Å²) in [5, 5.41) is 29.5. The fraction of sp³-hybridized carbons (Fsp3) is 0.538. The minimum atomic E-state index is -0.834. The first-order chi connectivity index (χ1) is 17.8. The van der Waals surface area contributed by atoms with Gasteiger partial charge < -0.3 is 29.5 Å². The molecule has 38 heavy (non-hydrogen) atoms. The molecule has 0 fully saturated rings. The highest BCUT2D eigenvalue weighted by Crippen LogP contribution is 2.19. The molecule has 0 aliphatic heterocycles. The van der Waals surface area contributed by atoms with Crippen LogP contribution in [-0.4, -0.2) is 91.3 Å². The molecule has 0 heterocycles. The summed E-state index contributed by atoms with van der Waals surface area (Å²) in [6.45, 7) is 11.1. The summed E-state index contributed by atoms with van der Waals surface area (Å²) < 4.78 is 14.8. The van der Waals surface area contributed by atoms with E-state index in [9.17, 15) is 29.7 Å². The van der Waals surface area contributed by atoms with E-state index in [1.54, 1.807) is 27.7 Å². The van der Waals surface area contributed by atoms with E-state index in [-0.39, 0.29) is 73.5 Å². The van der Waals surface area contributed by atoms with Crippen LogP contribution in [0.25, 0.3) is 0 Å². The van der Waals surface area contributed by atoms with Crippen molar-refractivity contribution in [3.63, 3.8) is 0 Å². The Morgan fingerprint density at radius 3 is 1.03 bits per heavy atom. The maximum Gasteiger partial charge on any atom is 0.343 e. The molecule has 0 spiro atoms. The summed E-state index contributed by atoms with van der Waals surface area (Å²) in [7, 11) is 0. The number of rotatable bonds is 15. The van der Waals surface area contributed by atoms with Gasteiger partial charge >= 0.3 is 17.9 Å². The van der Waals surface area contributed by atoms with E-state index in [0.29, 0.717) is 0 Å². The standard InChI is InChI=1S/C26H39N3O9/c1-8-36-23(33)20(17(4)30)11-27-14-26(7,15-28-12-21(18(5)31)24(34)37-9-2)16-29-13-22(19(6)32)25(35)38-10-3/h11-13,30-32H,8-10,14-16H2,1-7H3/b20-17+,21-18+,22-19+,27-11?,28-12?,29-13?. The van der Waals surface area contributed by atoms with Crippen LogP contribution in [0.5, 0.6) is 0 Å². The van der Waals surface area contributed by atoms with Gasteiger partial charge in [0.25, 0.3) is 0 Å². The first-order valence-corrected chi connectivity index (χ1v) is 12.0. The lowest BCUT2D eigenvalue weighted by Gasteiger charge is -2.23. The monoisotopic (exact) mass is 537 g/mol. The lowest BCUT2D eigenvalue weighted by Crippen LogP contribution is -2.29. The summed E-state index contributed by atoms with van der Waals surface area (Å²) in [5.74, 6) is -3.02. The van der Waals surface area contributed by atoms with E-state index >= 15 is 0 Å². The summed E-state index contributed by atoms with van der Waals surface area (Å²) in [5.41, 5.74) is -1.19. The van der Waals surface area contributed by atoms with E-state index in [4.69, 9.17) is 14.2 Å². The summed E-state index contributed by atoms with van der Waals surface area (Å²) in [6.07, 6.45) is 3.55. The van der Waals surface area contributed by atoms with Gasteiger partial charge in [0, 0.05) is 43.7 Å². The molecule has 12 heteroatoms. The molecule has 0 saturated heterocycles. The molecule has 212 valence electrons. The number of hydrogen-bond acceptors (Lipinski definition) is 12. The number of allylic oxidation sites excluding steroid dienone is 3. The van der Waals surface area contributed by atoms with Crippen LogP contribution in [0, 0.1) is 5.41 Å². The predicted molar refractivity (Wildman–Crippen MR) is 144 cm³/mol. The number of carbonyl (C=O) groups excluding carboxylic acids is 3. The number of aliphatic imine (C=N–C) groups is 3. The Morgan fingerprint density at radius 1 is 0.605 bits per heavy atom. The van der Waals surface area contributed by atoms with Crippen molar-refractivity contribution >= 4 is 36.6 Å². The van der Waals surface area contributed by atoms with Gasteiger partial charge in [0.2, 0.25) is 0 Å². The minimum Gasteiger partial charge on any atom is -0.512 e. The number of hydrogen-bond donors (Lipinski definition) is 3. The second-order valence-corrected chi connectivity index (χ2v) is 8.38. The van der Waals surface area contributed by atoms with Crippen molar-refractivity contribution in [1.29, 1.82) is 0 Å². The molecule has 0 aliphatic carbocycles. The van der Waals surface area contributed by atoms with Crippen LogP contribution < -0.4 is 0 Å². The molecule has 0 aromatic rings. The second kappa shape index (κ2) is 17.5. The van der Waals surface area contributed by atoms with Crippen LogP contribution in [0.4, 0.5) is 0 Å².